The van der Waals surface area contributed by atoms with Crippen molar-refractivity contribution in [1.82, 2.24) is 19.8 Å². The van der Waals surface area contributed by atoms with Crippen molar-refractivity contribution >= 4 is 5.91 Å². The molecule has 2 aliphatic rings. The maximum atomic E-state index is 12.8. The lowest BCUT2D eigenvalue weighted by Gasteiger charge is -2.27. The number of ether oxygens (including phenoxy) is 1. The normalized spacial score (nSPS) is 20.5. The third-order valence-electron chi connectivity index (χ3n) is 6.37. The van der Waals surface area contributed by atoms with Crippen LogP contribution in [-0.2, 0) is 28.9 Å². The number of aromatic nitrogens is 2. The summed E-state index contributed by atoms with van der Waals surface area (Å²) in [6, 6.07) is 10.5. The highest BCUT2D eigenvalue weighted by atomic mass is 16.5. The van der Waals surface area contributed by atoms with E-state index in [1.165, 1.54) is 23.5 Å². The van der Waals surface area contributed by atoms with Crippen molar-refractivity contribution in [3.05, 3.63) is 53.6 Å². The van der Waals surface area contributed by atoms with Gasteiger partial charge in [-0.1, -0.05) is 37.3 Å². The lowest BCUT2D eigenvalue weighted by Crippen LogP contribution is -2.41. The van der Waals surface area contributed by atoms with E-state index in [0.717, 1.165) is 52.2 Å². The second-order valence-electron chi connectivity index (χ2n) is 8.74. The van der Waals surface area contributed by atoms with Gasteiger partial charge in [-0.25, -0.2) is 4.98 Å². The number of rotatable bonds is 8. The Morgan fingerprint density at radius 3 is 2.83 bits per heavy atom. The lowest BCUT2D eigenvalue weighted by atomic mass is 9.92. The van der Waals surface area contributed by atoms with Gasteiger partial charge in [0, 0.05) is 63.4 Å². The molecule has 30 heavy (non-hydrogen) atoms. The Morgan fingerprint density at radius 1 is 1.23 bits per heavy atom. The topological polar surface area (TPSA) is 59.4 Å². The van der Waals surface area contributed by atoms with Crippen molar-refractivity contribution in [3.63, 3.8) is 0 Å². The number of hydrogen-bond acceptors (Lipinski definition) is 4. The number of hydrogen-bond donors (Lipinski definition) is 1. The van der Waals surface area contributed by atoms with Crippen LogP contribution in [0.3, 0.4) is 0 Å². The van der Waals surface area contributed by atoms with Gasteiger partial charge in [0.15, 0.2) is 0 Å². The van der Waals surface area contributed by atoms with Crippen molar-refractivity contribution in [2.45, 2.75) is 45.1 Å². The fourth-order valence-electron chi connectivity index (χ4n) is 4.59. The predicted octanol–water partition coefficient (Wildman–Crippen LogP) is 2.63. The van der Waals surface area contributed by atoms with Gasteiger partial charge in [0.1, 0.15) is 5.82 Å². The van der Waals surface area contributed by atoms with E-state index >= 15 is 0 Å². The maximum absolute atomic E-state index is 12.8. The Balaban J connectivity index is 1.41. The Kier molecular flexibility index (Phi) is 7.18. The van der Waals surface area contributed by atoms with Crippen molar-refractivity contribution in [2.24, 2.45) is 5.92 Å². The number of nitrogens with zero attached hydrogens (tertiary/aromatic N) is 3. The van der Waals surface area contributed by atoms with Gasteiger partial charge < -0.3 is 14.6 Å². The number of carbonyl (C=O) groups is 1. The van der Waals surface area contributed by atoms with Gasteiger partial charge >= 0.3 is 0 Å². The molecule has 2 aromatic rings. The van der Waals surface area contributed by atoms with Crippen LogP contribution in [0.2, 0.25) is 0 Å². The van der Waals surface area contributed by atoms with E-state index < -0.39 is 0 Å². The fourth-order valence-corrected chi connectivity index (χ4v) is 4.59. The summed E-state index contributed by atoms with van der Waals surface area (Å²) >= 11 is 0. The smallest absolute Gasteiger partial charge is 0.220 e. The third kappa shape index (κ3) is 5.49. The first-order valence-electron chi connectivity index (χ1n) is 11.3. The number of nitrogens with one attached hydrogen (secondary N) is 1. The summed E-state index contributed by atoms with van der Waals surface area (Å²) in [6.07, 6.45) is 5.59. The highest BCUT2D eigenvalue weighted by Gasteiger charge is 2.25. The molecule has 6 heteroatoms. The highest BCUT2D eigenvalue weighted by molar-refractivity contribution is 5.76. The summed E-state index contributed by atoms with van der Waals surface area (Å²) in [5, 5.41) is 3.14. The maximum Gasteiger partial charge on any atom is 0.220 e. The Hall–Kier alpha value is -2.18. The van der Waals surface area contributed by atoms with Crippen LogP contribution in [0.1, 0.15) is 42.8 Å². The summed E-state index contributed by atoms with van der Waals surface area (Å²) < 4.78 is 7.76. The van der Waals surface area contributed by atoms with Crippen LogP contribution in [0.25, 0.3) is 0 Å². The second-order valence-corrected chi connectivity index (χ2v) is 8.74. The minimum atomic E-state index is 0.129. The third-order valence-corrected chi connectivity index (χ3v) is 6.37. The van der Waals surface area contributed by atoms with Crippen LogP contribution in [-0.4, -0.2) is 59.8 Å². The molecule has 0 bridgehead atoms. The first-order chi connectivity index (χ1) is 14.7. The minimum Gasteiger partial charge on any atom is -0.379 e. The van der Waals surface area contributed by atoms with E-state index in [2.05, 4.69) is 46.0 Å². The van der Waals surface area contributed by atoms with Gasteiger partial charge in [-0.2, -0.15) is 0 Å². The predicted molar refractivity (Wildman–Crippen MR) is 117 cm³/mol. The summed E-state index contributed by atoms with van der Waals surface area (Å²) in [7, 11) is 0. The van der Waals surface area contributed by atoms with Crippen LogP contribution in [0.4, 0.5) is 0 Å². The van der Waals surface area contributed by atoms with E-state index in [1.807, 2.05) is 12.3 Å². The first kappa shape index (κ1) is 21.1. The van der Waals surface area contributed by atoms with E-state index in [4.69, 9.17) is 9.72 Å². The molecule has 1 fully saturated rings. The molecule has 2 unspecified atom stereocenters. The summed E-state index contributed by atoms with van der Waals surface area (Å²) in [4.78, 5) is 19.9. The molecule has 2 atom stereocenters. The zero-order chi connectivity index (χ0) is 20.8. The number of amides is 1. The minimum absolute atomic E-state index is 0.129. The average molecular weight is 411 g/mol. The molecule has 4 rings (SSSR count). The standard InChI is InChI=1S/C24H34N4O2/c1-19-7-9-28-22(18-26-23(28)15-19)21(16-20-5-3-2-4-6-20)17-24(29)25-8-10-27-11-13-30-14-12-27/h2-6,18-19,21H,7-17H2,1H3,(H,25,29). The molecule has 2 aliphatic heterocycles. The molecule has 0 radical (unpaired) electrons. The summed E-state index contributed by atoms with van der Waals surface area (Å²) in [5.41, 5.74) is 2.48. The van der Waals surface area contributed by atoms with Crippen LogP contribution in [0.5, 0.6) is 0 Å². The lowest BCUT2D eigenvalue weighted by molar-refractivity contribution is -0.121. The quantitative estimate of drug-likeness (QED) is 0.727. The zero-order valence-electron chi connectivity index (χ0n) is 18.1. The Labute approximate surface area is 179 Å². The van der Waals surface area contributed by atoms with Gasteiger partial charge in [-0.05, 0) is 24.3 Å². The van der Waals surface area contributed by atoms with Crippen molar-refractivity contribution in [3.8, 4) is 0 Å². The molecule has 1 saturated heterocycles. The first-order valence-corrected chi connectivity index (χ1v) is 11.3. The second kappa shape index (κ2) is 10.2. The number of carbonyl (C=O) groups excluding carboxylic acids is 1. The van der Waals surface area contributed by atoms with Gasteiger partial charge in [0.2, 0.25) is 5.91 Å². The number of benzene rings is 1. The molecular formula is C24H34N4O2. The highest BCUT2D eigenvalue weighted by Crippen LogP contribution is 2.29. The number of fused-ring (bicyclic) bond motifs is 1. The van der Waals surface area contributed by atoms with Gasteiger partial charge in [-0.15, -0.1) is 0 Å². The SMILES string of the molecule is CC1CCn2c(C(CC(=O)NCCN3CCOCC3)Cc3ccccc3)cnc2C1. The largest absolute Gasteiger partial charge is 0.379 e. The van der Waals surface area contributed by atoms with E-state index in [0.29, 0.717) is 18.9 Å². The monoisotopic (exact) mass is 410 g/mol. The van der Waals surface area contributed by atoms with Gasteiger partial charge in [0.05, 0.1) is 13.2 Å². The molecule has 1 N–H and O–H groups in total. The molecular weight excluding hydrogens is 376 g/mol. The van der Waals surface area contributed by atoms with Crippen LogP contribution in [0.15, 0.2) is 36.5 Å². The molecule has 1 amide bonds. The van der Waals surface area contributed by atoms with Crippen molar-refractivity contribution in [2.75, 3.05) is 39.4 Å². The number of imidazole rings is 1. The van der Waals surface area contributed by atoms with Gasteiger partial charge in [0.25, 0.3) is 0 Å². The molecule has 3 heterocycles. The van der Waals surface area contributed by atoms with E-state index in [-0.39, 0.29) is 11.8 Å². The molecule has 0 aliphatic carbocycles. The molecule has 162 valence electrons. The average Bonchev–Trinajstić information content (AvgIpc) is 3.18. The number of morpholine rings is 1. The van der Waals surface area contributed by atoms with Crippen LogP contribution < -0.4 is 5.32 Å². The van der Waals surface area contributed by atoms with Crippen LogP contribution >= 0.6 is 0 Å². The molecule has 0 saturated carbocycles. The molecule has 0 spiro atoms. The Morgan fingerprint density at radius 2 is 2.03 bits per heavy atom. The van der Waals surface area contributed by atoms with E-state index in [1.54, 1.807) is 0 Å². The fraction of sp³-hybridized carbons (Fsp3) is 0.583. The Bertz CT molecular complexity index is 814. The molecule has 1 aromatic heterocycles. The summed E-state index contributed by atoms with van der Waals surface area (Å²) in [5.74, 6) is 2.13. The van der Waals surface area contributed by atoms with Crippen LogP contribution in [0, 0.1) is 5.92 Å². The van der Waals surface area contributed by atoms with Crippen molar-refractivity contribution < 1.29 is 9.53 Å². The zero-order valence-corrected chi connectivity index (χ0v) is 18.1. The molecule has 6 nitrogen and oxygen atoms in total. The van der Waals surface area contributed by atoms with Gasteiger partial charge in [-0.3, -0.25) is 9.69 Å². The van der Waals surface area contributed by atoms with Crippen molar-refractivity contribution in [1.29, 1.82) is 0 Å². The summed E-state index contributed by atoms with van der Waals surface area (Å²) in [6.45, 7) is 8.37. The van der Waals surface area contributed by atoms with E-state index in [9.17, 15) is 4.79 Å². The molecule has 1 aromatic carbocycles.